The number of carbonyl (C=O) groups is 2. The number of aliphatic hydroxyl groups is 1. The first-order valence-electron chi connectivity index (χ1n) is 11.3. The van der Waals surface area contributed by atoms with Gasteiger partial charge in [-0.1, -0.05) is 17.4 Å². The lowest BCUT2D eigenvalue weighted by Gasteiger charge is -2.21. The maximum absolute atomic E-state index is 13.4. The van der Waals surface area contributed by atoms with Crippen LogP contribution in [0, 0.1) is 6.92 Å². The first-order valence-corrected chi connectivity index (χ1v) is 13.0. The van der Waals surface area contributed by atoms with Crippen molar-refractivity contribution in [2.75, 3.05) is 12.0 Å². The van der Waals surface area contributed by atoms with Crippen LogP contribution >= 0.6 is 22.7 Å². The Balaban J connectivity index is 1.63. The number of amides is 1. The van der Waals surface area contributed by atoms with Gasteiger partial charge in [0.2, 0.25) is 0 Å². The summed E-state index contributed by atoms with van der Waals surface area (Å²) in [5.41, 5.74) is 2.09. The summed E-state index contributed by atoms with van der Waals surface area (Å²) in [4.78, 5) is 33.5. The number of thiophene rings is 1. The minimum Gasteiger partial charge on any atom is -0.507 e. The Kier molecular flexibility index (Phi) is 6.27. The van der Waals surface area contributed by atoms with Gasteiger partial charge in [-0.3, -0.25) is 14.5 Å². The molecule has 3 heterocycles. The topological polar surface area (TPSA) is 89.0 Å². The second kappa shape index (κ2) is 9.40. The van der Waals surface area contributed by atoms with Gasteiger partial charge in [-0.2, -0.15) is 0 Å². The third kappa shape index (κ3) is 4.14. The van der Waals surface area contributed by atoms with Gasteiger partial charge in [-0.25, -0.2) is 4.98 Å². The van der Waals surface area contributed by atoms with E-state index in [-0.39, 0.29) is 17.4 Å². The van der Waals surface area contributed by atoms with Gasteiger partial charge in [0.1, 0.15) is 23.3 Å². The number of aromatic nitrogens is 1. The summed E-state index contributed by atoms with van der Waals surface area (Å²) in [6.45, 7) is 5.78. The number of methoxy groups -OCH3 is 1. The first kappa shape index (κ1) is 24.0. The maximum Gasteiger partial charge on any atom is 0.301 e. The van der Waals surface area contributed by atoms with Crippen molar-refractivity contribution in [2.24, 2.45) is 0 Å². The molecule has 1 N–H and O–H groups in total. The fourth-order valence-electron chi connectivity index (χ4n) is 4.24. The van der Waals surface area contributed by atoms with E-state index in [0.717, 1.165) is 20.9 Å². The van der Waals surface area contributed by atoms with Gasteiger partial charge in [0.05, 0.1) is 29.0 Å². The Labute approximate surface area is 216 Å². The number of hydrogen-bond donors (Lipinski definition) is 1. The van der Waals surface area contributed by atoms with Crippen molar-refractivity contribution < 1.29 is 24.2 Å². The molecule has 0 saturated carbocycles. The van der Waals surface area contributed by atoms with Crippen LogP contribution in [-0.2, 0) is 9.59 Å². The smallest absolute Gasteiger partial charge is 0.301 e. The molecule has 0 spiro atoms. The molecular weight excluding hydrogens is 496 g/mol. The highest BCUT2D eigenvalue weighted by Gasteiger charge is 2.48. The third-order valence-electron chi connectivity index (χ3n) is 5.86. The molecule has 1 fully saturated rings. The van der Waals surface area contributed by atoms with E-state index in [2.05, 4.69) is 4.98 Å². The summed E-state index contributed by atoms with van der Waals surface area (Å²) in [5.74, 6) is -0.334. The minimum atomic E-state index is -0.792. The standard InChI is InChI=1S/C27H24N2O5S2/c1-14(2)34-17-9-7-16(8-10-17)24(30)22-23(20-6-5-11-35-20)29(26(32)25(22)31)27-28-18-12-15(3)19(33-4)13-21(18)36-27/h5-14,23,30H,1-4H3/b24-22+. The molecule has 1 unspecified atom stereocenters. The Morgan fingerprint density at radius 1 is 1.14 bits per heavy atom. The zero-order chi connectivity index (χ0) is 25.6. The quantitative estimate of drug-likeness (QED) is 0.188. The fourth-order valence-corrected chi connectivity index (χ4v) is 6.06. The molecule has 184 valence electrons. The van der Waals surface area contributed by atoms with Gasteiger partial charge in [0.25, 0.3) is 5.78 Å². The Morgan fingerprint density at radius 3 is 2.53 bits per heavy atom. The molecule has 36 heavy (non-hydrogen) atoms. The fraction of sp³-hybridized carbons (Fsp3) is 0.222. The number of ketones is 1. The molecule has 5 rings (SSSR count). The molecule has 1 saturated heterocycles. The number of carbonyl (C=O) groups excluding carboxylic acids is 2. The largest absolute Gasteiger partial charge is 0.507 e. The summed E-state index contributed by atoms with van der Waals surface area (Å²) in [6, 6.07) is 13.5. The number of hydrogen-bond acceptors (Lipinski definition) is 8. The molecule has 0 radical (unpaired) electrons. The number of anilines is 1. The highest BCUT2D eigenvalue weighted by atomic mass is 32.1. The molecule has 1 amide bonds. The molecular formula is C27H24N2O5S2. The van der Waals surface area contributed by atoms with Crippen molar-refractivity contribution in [3.63, 3.8) is 0 Å². The third-order valence-corrected chi connectivity index (χ3v) is 7.80. The van der Waals surface area contributed by atoms with Crippen LogP contribution in [0.1, 0.15) is 35.9 Å². The van der Waals surface area contributed by atoms with E-state index >= 15 is 0 Å². The normalized spacial score (nSPS) is 17.4. The molecule has 4 aromatic rings. The molecule has 7 nitrogen and oxygen atoms in total. The number of thiazole rings is 1. The van der Waals surface area contributed by atoms with E-state index in [0.29, 0.717) is 22.0 Å². The molecule has 2 aromatic carbocycles. The zero-order valence-corrected chi connectivity index (χ0v) is 21.8. The van der Waals surface area contributed by atoms with Crippen molar-refractivity contribution in [1.82, 2.24) is 4.98 Å². The molecule has 9 heteroatoms. The van der Waals surface area contributed by atoms with E-state index in [1.165, 1.54) is 27.6 Å². The van der Waals surface area contributed by atoms with Gasteiger partial charge in [-0.05, 0) is 74.2 Å². The molecule has 1 atom stereocenters. The highest BCUT2D eigenvalue weighted by molar-refractivity contribution is 7.22. The molecule has 1 aliphatic rings. The van der Waals surface area contributed by atoms with Crippen LogP contribution in [0.25, 0.3) is 16.0 Å². The van der Waals surface area contributed by atoms with Crippen molar-refractivity contribution >= 4 is 55.5 Å². The van der Waals surface area contributed by atoms with E-state index < -0.39 is 17.7 Å². The van der Waals surface area contributed by atoms with Gasteiger partial charge >= 0.3 is 5.91 Å². The average Bonchev–Trinajstić information content (AvgIpc) is 3.57. The van der Waals surface area contributed by atoms with E-state index in [9.17, 15) is 14.7 Å². The summed E-state index contributed by atoms with van der Waals surface area (Å²) in [5, 5.41) is 13.5. The lowest BCUT2D eigenvalue weighted by atomic mass is 10.00. The van der Waals surface area contributed by atoms with Crippen LogP contribution in [0.2, 0.25) is 0 Å². The number of rotatable bonds is 6. The molecule has 0 bridgehead atoms. The zero-order valence-electron chi connectivity index (χ0n) is 20.1. The predicted molar refractivity (Wildman–Crippen MR) is 142 cm³/mol. The Morgan fingerprint density at radius 2 is 1.89 bits per heavy atom. The van der Waals surface area contributed by atoms with Crippen molar-refractivity contribution in [3.05, 3.63) is 75.5 Å². The second-order valence-electron chi connectivity index (χ2n) is 8.66. The maximum atomic E-state index is 13.4. The van der Waals surface area contributed by atoms with E-state index in [1.54, 1.807) is 31.4 Å². The van der Waals surface area contributed by atoms with Crippen LogP contribution in [-0.4, -0.2) is 35.0 Å². The number of Topliss-reactive ketones (excluding diaryl/α,β-unsaturated/α-hetero) is 1. The summed E-state index contributed by atoms with van der Waals surface area (Å²) >= 11 is 2.71. The predicted octanol–water partition coefficient (Wildman–Crippen LogP) is 6.09. The number of ether oxygens (including phenoxy) is 2. The van der Waals surface area contributed by atoms with Gasteiger partial charge < -0.3 is 14.6 Å². The number of fused-ring (bicyclic) bond motifs is 1. The van der Waals surface area contributed by atoms with Gasteiger partial charge in [-0.15, -0.1) is 11.3 Å². The number of benzene rings is 2. The van der Waals surface area contributed by atoms with E-state index in [4.69, 9.17) is 9.47 Å². The number of nitrogens with zero attached hydrogens (tertiary/aromatic N) is 2. The van der Waals surface area contributed by atoms with E-state index in [1.807, 2.05) is 50.4 Å². The highest BCUT2D eigenvalue weighted by Crippen LogP contribution is 2.46. The Hall–Kier alpha value is -3.69. The van der Waals surface area contributed by atoms with Crippen LogP contribution in [0.5, 0.6) is 11.5 Å². The van der Waals surface area contributed by atoms with Crippen molar-refractivity contribution in [3.8, 4) is 11.5 Å². The lowest BCUT2D eigenvalue weighted by Crippen LogP contribution is -2.28. The van der Waals surface area contributed by atoms with Crippen molar-refractivity contribution in [1.29, 1.82) is 0 Å². The summed E-state index contributed by atoms with van der Waals surface area (Å²) in [6.07, 6.45) is 0.00571. The molecule has 1 aliphatic heterocycles. The van der Waals surface area contributed by atoms with Gasteiger partial charge in [0.15, 0.2) is 5.13 Å². The lowest BCUT2D eigenvalue weighted by molar-refractivity contribution is -0.132. The van der Waals surface area contributed by atoms with Crippen LogP contribution in [0.4, 0.5) is 5.13 Å². The number of aliphatic hydroxyl groups excluding tert-OH is 1. The second-order valence-corrected chi connectivity index (χ2v) is 10.6. The first-order chi connectivity index (χ1) is 17.3. The minimum absolute atomic E-state index is 0.00571. The van der Waals surface area contributed by atoms with Crippen LogP contribution < -0.4 is 14.4 Å². The average molecular weight is 521 g/mol. The van der Waals surface area contributed by atoms with Crippen molar-refractivity contribution in [2.45, 2.75) is 32.9 Å². The summed E-state index contributed by atoms with van der Waals surface area (Å²) < 4.78 is 11.9. The Bertz CT molecular complexity index is 1490. The molecule has 2 aromatic heterocycles. The monoisotopic (exact) mass is 520 g/mol. The molecule has 0 aliphatic carbocycles. The number of aryl methyl sites for hydroxylation is 1. The van der Waals surface area contributed by atoms with Gasteiger partial charge in [0, 0.05) is 10.4 Å². The SMILES string of the molecule is COc1cc2sc(N3C(=O)C(=O)/C(=C(/O)c4ccc(OC(C)C)cc4)C3c3cccs3)nc2cc1C. The van der Waals surface area contributed by atoms with Crippen LogP contribution in [0.3, 0.4) is 0 Å². The summed E-state index contributed by atoms with van der Waals surface area (Å²) in [7, 11) is 1.60. The van der Waals surface area contributed by atoms with Crippen LogP contribution in [0.15, 0.2) is 59.5 Å².